The van der Waals surface area contributed by atoms with Crippen LogP contribution in [0.25, 0.3) is 10.9 Å². The zero-order chi connectivity index (χ0) is 74.1. The van der Waals surface area contributed by atoms with Gasteiger partial charge in [0.25, 0.3) is 0 Å². The zero-order valence-electron chi connectivity index (χ0n) is 58.4. The molecular formula is C71H104BF5N16O9. The van der Waals surface area contributed by atoms with E-state index in [2.05, 4.69) is 38.2 Å². The number of nitriles is 2. The Morgan fingerprint density at radius 3 is 1.92 bits per heavy atom. The fourth-order valence-electron chi connectivity index (χ4n) is 13.8. The van der Waals surface area contributed by atoms with Crippen LogP contribution in [0.1, 0.15) is 142 Å². The average Bonchev–Trinajstić information content (AvgIpc) is 1.58. The lowest BCUT2D eigenvalue weighted by Gasteiger charge is -2.40. The molecule has 0 unspecified atom stereocenters. The van der Waals surface area contributed by atoms with E-state index in [-0.39, 0.29) is 79.9 Å². The molecule has 1 aliphatic carbocycles. The molecule has 102 heavy (non-hydrogen) atoms. The molecule has 560 valence electrons. The first kappa shape index (κ1) is 83.0. The van der Waals surface area contributed by atoms with E-state index in [9.17, 15) is 55.8 Å². The molecule has 4 aromatic rings. The summed E-state index contributed by atoms with van der Waals surface area (Å²) >= 11 is 0. The van der Waals surface area contributed by atoms with E-state index in [1.165, 1.54) is 14.7 Å². The number of aromatic amines is 1. The van der Waals surface area contributed by atoms with Crippen LogP contribution in [0.4, 0.5) is 27.9 Å². The number of piperidine rings is 1. The van der Waals surface area contributed by atoms with Crippen molar-refractivity contribution in [3.8, 4) is 12.1 Å². The van der Waals surface area contributed by atoms with Gasteiger partial charge in [-0.05, 0) is 111 Å². The van der Waals surface area contributed by atoms with Crippen LogP contribution in [0.3, 0.4) is 0 Å². The van der Waals surface area contributed by atoms with Gasteiger partial charge in [0.15, 0.2) is 0 Å². The summed E-state index contributed by atoms with van der Waals surface area (Å²) in [5.41, 5.74) is 27.3. The highest BCUT2D eigenvalue weighted by atomic mass is 19.3. The molecule has 0 bridgehead atoms. The van der Waals surface area contributed by atoms with Gasteiger partial charge in [0.2, 0.25) is 35.5 Å². The average molecular weight is 1430 g/mol. The van der Waals surface area contributed by atoms with Crippen molar-refractivity contribution < 1.29 is 65.9 Å². The molecular weight excluding hydrogens is 1330 g/mol. The minimum absolute atomic E-state index is 0. The van der Waals surface area contributed by atoms with Gasteiger partial charge in [-0.1, -0.05) is 103 Å². The summed E-state index contributed by atoms with van der Waals surface area (Å²) in [6.07, 6.45) is 15.3. The minimum atomic E-state index is -4.16. The molecule has 7 aliphatic rings. The van der Waals surface area contributed by atoms with Crippen LogP contribution in [0.2, 0.25) is 0 Å². The van der Waals surface area contributed by atoms with Gasteiger partial charge >= 0.3 is 24.9 Å². The first-order chi connectivity index (χ1) is 47.9. The number of benzene rings is 2. The molecule has 13 N–H and O–H groups in total. The summed E-state index contributed by atoms with van der Waals surface area (Å²) in [5.74, 6) is -10.6. The molecule has 0 spiro atoms. The zero-order valence-corrected chi connectivity index (χ0v) is 58.4. The molecule has 8 heterocycles. The third-order valence-corrected chi connectivity index (χ3v) is 20.6. The number of fused-ring (bicyclic) bond motifs is 2. The number of anilines is 1. The van der Waals surface area contributed by atoms with Gasteiger partial charge in [-0.3, -0.25) is 24.0 Å². The fraction of sp³-hybridized carbons (Fsp3) is 0.634. The number of H-pyrrole nitrogens is 1. The Morgan fingerprint density at radius 1 is 0.735 bits per heavy atom. The van der Waals surface area contributed by atoms with Crippen LogP contribution in [-0.2, 0) is 48.2 Å². The van der Waals surface area contributed by atoms with E-state index in [0.717, 1.165) is 117 Å². The van der Waals surface area contributed by atoms with Crippen LogP contribution in [0.5, 0.6) is 0 Å². The number of alkyl halides is 5. The number of carboxylic acids is 1. The van der Waals surface area contributed by atoms with Gasteiger partial charge in [-0.15, -0.1) is 0 Å². The number of carbonyl (C=O) groups excluding carboxylic acids is 5. The van der Waals surface area contributed by atoms with Crippen LogP contribution in [0, 0.1) is 40.4 Å². The van der Waals surface area contributed by atoms with E-state index >= 15 is 0 Å². The van der Waals surface area contributed by atoms with E-state index in [1.807, 2.05) is 94.6 Å². The van der Waals surface area contributed by atoms with Crippen molar-refractivity contribution >= 4 is 59.5 Å². The number of carboxylic acid groups (broad SMARTS) is 1. The number of nitrogens with one attached hydrogen (secondary N) is 2. The largest absolute Gasteiger partial charge is 0.480 e. The van der Waals surface area contributed by atoms with Crippen molar-refractivity contribution in [3.63, 3.8) is 0 Å². The number of halogens is 5. The maximum Gasteiger partial charge on any atom is 0.475 e. The first-order valence-electron chi connectivity index (χ1n) is 35.0. The van der Waals surface area contributed by atoms with E-state index < -0.39 is 92.3 Å². The number of likely N-dealkylation sites (tertiary alicyclic amines) is 4. The third-order valence-electron chi connectivity index (χ3n) is 20.6. The third kappa shape index (κ3) is 21.1. The van der Waals surface area contributed by atoms with Crippen LogP contribution in [0.15, 0.2) is 73.2 Å². The monoisotopic (exact) mass is 1430 g/mol. The lowest BCUT2D eigenvalue weighted by molar-refractivity contribution is -0.172. The Hall–Kier alpha value is -7.91. The van der Waals surface area contributed by atoms with Crippen LogP contribution < -0.4 is 33.2 Å². The Balaban J connectivity index is 0.000000204. The topological polar surface area (TPSA) is 388 Å². The second-order valence-electron chi connectivity index (χ2n) is 28.1. The molecule has 0 radical (unpaired) electrons. The first-order valence-corrected chi connectivity index (χ1v) is 35.0. The summed E-state index contributed by atoms with van der Waals surface area (Å²) in [5, 5.41) is 50.2. The summed E-state index contributed by atoms with van der Waals surface area (Å²) in [6, 6.07) is 16.7. The molecule has 5 saturated heterocycles. The normalized spacial score (nSPS) is 23.3. The molecule has 25 nitrogen and oxygen atoms in total. The van der Waals surface area contributed by atoms with E-state index in [1.54, 1.807) is 17.3 Å². The summed E-state index contributed by atoms with van der Waals surface area (Å²) in [6.45, 7) is 10.9. The molecule has 6 aliphatic heterocycles. The highest BCUT2D eigenvalue weighted by Gasteiger charge is 2.64. The van der Waals surface area contributed by atoms with E-state index in [0.29, 0.717) is 43.8 Å². The fourth-order valence-corrected chi connectivity index (χ4v) is 13.8. The minimum Gasteiger partial charge on any atom is -0.480 e. The molecule has 10 atom stereocenters. The van der Waals surface area contributed by atoms with Gasteiger partial charge in [-0.2, -0.15) is 28.1 Å². The Labute approximate surface area is 595 Å². The van der Waals surface area contributed by atoms with E-state index in [4.69, 9.17) is 43.5 Å². The number of rotatable bonds is 16. The Bertz CT molecular complexity index is 3480. The van der Waals surface area contributed by atoms with Gasteiger partial charge in [0.05, 0.1) is 68.4 Å². The molecule has 2 aromatic carbocycles. The second-order valence-corrected chi connectivity index (χ2v) is 28.1. The standard InChI is InChI=1S/C21H21N3O3.C17H24N6O.C12H18F4N2O.C11H18FN3O.C9H19BN2O3.CH4/c22-17(9-15-11-23-18-8-4-3-7-16(15)18)20(25)24-12-14-6-2-1-5-13(14)10-19(24)21(26)27;1-17(21-13-15(24)23-9-2-4-14(23)12-18)5-10-22(11-6-17)16-19-7-3-8-20-16;13-11(14)6-18(7-12(11,15)16)10(19)9(17)8-4-2-1-3-5-8;1-3-7(2)10(14)11(16)15-6-8(12)4-9(15)5-13;1-6(2)8(11)9(13)12-5-3-4-7(12)10(14)15;/h1-8,11,17,19,23H,9-10,12,22H2,(H,26,27);3,7-8,14,21H,2,4-6,9-11,13H2,1H3;8-9H,1-7,17H2;7-10H,3-4,6,14H2,1-2H3;6-8,14-15H,3-5,11H2,1-2H3;1H4/t17-,19-;14-;9-;7-,8-,9-,10-;7-,8-;/m00000./s1. The molecule has 5 amide bonds. The molecule has 6 fully saturated rings. The lowest BCUT2D eigenvalue weighted by atomic mass is 9.77. The summed E-state index contributed by atoms with van der Waals surface area (Å²) < 4.78 is 65.3. The number of aromatic nitrogens is 3. The molecule has 31 heteroatoms. The quantitative estimate of drug-likeness (QED) is 0.0497. The predicted molar refractivity (Wildman–Crippen MR) is 376 cm³/mol. The Kier molecular flexibility index (Phi) is 30.5. The van der Waals surface area contributed by atoms with Crippen molar-refractivity contribution in [2.45, 2.75) is 217 Å². The number of hydrogen-bond donors (Lipinski definition) is 9. The van der Waals surface area contributed by atoms with Crippen molar-refractivity contribution in [1.29, 1.82) is 10.5 Å². The smallest absolute Gasteiger partial charge is 0.475 e. The summed E-state index contributed by atoms with van der Waals surface area (Å²) in [7, 11) is -1.46. The number of amides is 5. The van der Waals surface area contributed by atoms with Crippen molar-refractivity contribution in [2.75, 3.05) is 57.3 Å². The highest BCUT2D eigenvalue weighted by Crippen LogP contribution is 2.42. The van der Waals surface area contributed by atoms with Crippen LogP contribution >= 0.6 is 0 Å². The predicted octanol–water partition coefficient (Wildman–Crippen LogP) is 5.45. The number of nitrogens with two attached hydrogens (primary N) is 4. The lowest BCUT2D eigenvalue weighted by Crippen LogP contribution is -2.54. The maximum atomic E-state index is 13.1. The summed E-state index contributed by atoms with van der Waals surface area (Å²) in [4.78, 5) is 93.3. The molecule has 2 aromatic heterocycles. The Morgan fingerprint density at radius 2 is 1.32 bits per heavy atom. The molecule has 1 saturated carbocycles. The maximum absolute atomic E-state index is 13.1. The van der Waals surface area contributed by atoms with Crippen molar-refractivity contribution in [1.82, 2.24) is 44.8 Å². The van der Waals surface area contributed by atoms with Gasteiger partial charge in [0, 0.05) is 80.6 Å². The number of nitrogens with zero attached hydrogens (tertiary/aromatic N) is 10. The SMILES string of the molecule is C.CC(C)[C@H](N)C(=O)N1CCC[C@H]1B(O)O.CC1(NCC(=O)N2CCC[C@H]2C#N)CCN(c2ncccn2)CC1.CC[C@H](C)[C@H](N)C(=O)N1C[C@@H](F)C[C@H]1C#N.N[C@@H](Cc1c[nH]c2ccccc12)C(=O)N1Cc2ccccc2C[C@H]1C(=O)O.N[C@H](C(=O)N1CC(F)(F)C(F)(F)C1)C1CCCCC1. The van der Waals surface area contributed by atoms with Crippen LogP contribution in [-0.4, -0.2) is 221 Å². The van der Waals surface area contributed by atoms with Gasteiger partial charge < -0.3 is 77.8 Å². The van der Waals surface area contributed by atoms with Crippen molar-refractivity contribution in [2.24, 2.45) is 40.7 Å². The molecule has 11 rings (SSSR count). The van der Waals surface area contributed by atoms with Crippen molar-refractivity contribution in [3.05, 3.63) is 89.9 Å². The number of para-hydroxylation sites is 1. The van der Waals surface area contributed by atoms with Gasteiger partial charge in [-0.25, -0.2) is 19.2 Å². The number of aliphatic carboxylic acids is 1. The second kappa shape index (κ2) is 37.5. The van der Waals surface area contributed by atoms with Gasteiger partial charge in [0.1, 0.15) is 24.3 Å². The number of hydrogen-bond acceptors (Lipinski definition) is 18. The highest BCUT2D eigenvalue weighted by molar-refractivity contribution is 6.43. The number of carbonyl (C=O) groups is 6.